The van der Waals surface area contributed by atoms with Crippen molar-refractivity contribution in [1.82, 2.24) is 4.98 Å². The number of oxazole rings is 1. The number of nitrogens with one attached hydrogen (secondary N) is 1. The number of aromatic nitrogens is 1. The molecule has 0 unspecified atom stereocenters. The molecule has 0 radical (unpaired) electrons. The summed E-state index contributed by atoms with van der Waals surface area (Å²) in [5.41, 5.74) is 2.30. The van der Waals surface area contributed by atoms with Gasteiger partial charge in [0.05, 0.1) is 12.1 Å². The van der Waals surface area contributed by atoms with Crippen LogP contribution >= 0.6 is 0 Å². The first kappa shape index (κ1) is 15.1. The molecule has 0 spiro atoms. The van der Waals surface area contributed by atoms with Crippen LogP contribution in [0.5, 0.6) is 0 Å². The van der Waals surface area contributed by atoms with E-state index in [0.717, 1.165) is 22.0 Å². The Labute approximate surface area is 145 Å². The lowest BCUT2D eigenvalue weighted by molar-refractivity contribution is -0.115. The Hall–Kier alpha value is -3.40. The van der Waals surface area contributed by atoms with Gasteiger partial charge in [-0.05, 0) is 23.6 Å². The fraction of sp³-hybridized carbons (Fsp3) is 0.0476. The van der Waals surface area contributed by atoms with Crippen molar-refractivity contribution >= 4 is 22.4 Å². The van der Waals surface area contributed by atoms with Gasteiger partial charge in [0.2, 0.25) is 11.8 Å². The fourth-order valence-corrected chi connectivity index (χ4v) is 2.79. The minimum absolute atomic E-state index is 0.121. The summed E-state index contributed by atoms with van der Waals surface area (Å²) in [4.78, 5) is 16.8. The molecule has 4 nitrogen and oxygen atoms in total. The van der Waals surface area contributed by atoms with Gasteiger partial charge in [-0.25, -0.2) is 4.98 Å². The first-order chi connectivity index (χ1) is 12.3. The number of carbonyl (C=O) groups is 1. The second-order valence-electron chi connectivity index (χ2n) is 5.76. The topological polar surface area (TPSA) is 55.1 Å². The zero-order valence-electron chi connectivity index (χ0n) is 13.5. The van der Waals surface area contributed by atoms with Gasteiger partial charge in [-0.3, -0.25) is 4.79 Å². The maximum absolute atomic E-state index is 12.4. The van der Waals surface area contributed by atoms with Crippen LogP contribution < -0.4 is 5.32 Å². The molecular weight excluding hydrogens is 312 g/mol. The number of fused-ring (bicyclic) bond motifs is 1. The van der Waals surface area contributed by atoms with E-state index in [1.165, 1.54) is 6.26 Å². The average Bonchev–Trinajstić information content (AvgIpc) is 3.11. The SMILES string of the molecule is O=C(Cc1coc(-c2ccccc2)n1)Nc1cccc2ccccc12. The molecule has 3 aromatic carbocycles. The van der Waals surface area contributed by atoms with Gasteiger partial charge >= 0.3 is 0 Å². The van der Waals surface area contributed by atoms with Crippen LogP contribution in [0.2, 0.25) is 0 Å². The first-order valence-electron chi connectivity index (χ1n) is 8.07. The smallest absolute Gasteiger partial charge is 0.230 e. The highest BCUT2D eigenvalue weighted by atomic mass is 16.3. The lowest BCUT2D eigenvalue weighted by Crippen LogP contribution is -2.14. The summed E-state index contributed by atoms with van der Waals surface area (Å²) in [6.45, 7) is 0. The van der Waals surface area contributed by atoms with Crippen LogP contribution in [0.3, 0.4) is 0 Å². The molecule has 4 aromatic rings. The number of hydrogen-bond acceptors (Lipinski definition) is 3. The van der Waals surface area contributed by atoms with Crippen molar-refractivity contribution in [3.63, 3.8) is 0 Å². The van der Waals surface area contributed by atoms with Crippen molar-refractivity contribution in [2.45, 2.75) is 6.42 Å². The van der Waals surface area contributed by atoms with E-state index in [0.29, 0.717) is 11.6 Å². The van der Waals surface area contributed by atoms with Gasteiger partial charge in [0.25, 0.3) is 0 Å². The van der Waals surface area contributed by atoms with E-state index in [-0.39, 0.29) is 12.3 Å². The number of benzene rings is 3. The Morgan fingerprint density at radius 3 is 2.56 bits per heavy atom. The van der Waals surface area contributed by atoms with E-state index in [4.69, 9.17) is 4.42 Å². The highest BCUT2D eigenvalue weighted by Crippen LogP contribution is 2.23. The maximum Gasteiger partial charge on any atom is 0.230 e. The molecule has 0 aliphatic carbocycles. The summed E-state index contributed by atoms with van der Waals surface area (Å²) in [6, 6.07) is 23.4. The van der Waals surface area contributed by atoms with E-state index in [9.17, 15) is 4.79 Å². The third-order valence-electron chi connectivity index (χ3n) is 3.98. The zero-order valence-corrected chi connectivity index (χ0v) is 13.5. The number of nitrogens with zero attached hydrogens (tertiary/aromatic N) is 1. The number of anilines is 1. The Kier molecular flexibility index (Phi) is 4.01. The molecule has 0 aliphatic rings. The predicted molar refractivity (Wildman–Crippen MR) is 98.2 cm³/mol. The molecule has 0 saturated carbocycles. The lowest BCUT2D eigenvalue weighted by Gasteiger charge is -2.07. The van der Waals surface area contributed by atoms with Gasteiger partial charge in [0.1, 0.15) is 6.26 Å². The molecule has 0 aliphatic heterocycles. The Bertz CT molecular complexity index is 1020. The third-order valence-corrected chi connectivity index (χ3v) is 3.98. The molecule has 1 amide bonds. The number of carbonyl (C=O) groups excluding carboxylic acids is 1. The molecule has 1 aromatic heterocycles. The van der Waals surface area contributed by atoms with Crippen LogP contribution in [-0.4, -0.2) is 10.9 Å². The van der Waals surface area contributed by atoms with Crippen molar-refractivity contribution in [3.05, 3.63) is 84.8 Å². The highest BCUT2D eigenvalue weighted by molar-refractivity contribution is 6.02. The van der Waals surface area contributed by atoms with Gasteiger partial charge in [-0.15, -0.1) is 0 Å². The van der Waals surface area contributed by atoms with E-state index in [2.05, 4.69) is 10.3 Å². The summed E-state index contributed by atoms with van der Waals surface area (Å²) in [7, 11) is 0. The van der Waals surface area contributed by atoms with E-state index >= 15 is 0 Å². The van der Waals surface area contributed by atoms with Crippen molar-refractivity contribution in [1.29, 1.82) is 0 Å². The van der Waals surface area contributed by atoms with Gasteiger partial charge in [-0.1, -0.05) is 54.6 Å². The minimum atomic E-state index is -0.121. The quantitative estimate of drug-likeness (QED) is 0.592. The van der Waals surface area contributed by atoms with E-state index in [1.807, 2.05) is 72.8 Å². The van der Waals surface area contributed by atoms with E-state index in [1.54, 1.807) is 0 Å². The Morgan fingerprint density at radius 2 is 1.68 bits per heavy atom. The largest absolute Gasteiger partial charge is 0.444 e. The second kappa shape index (κ2) is 6.61. The second-order valence-corrected chi connectivity index (χ2v) is 5.76. The zero-order chi connectivity index (χ0) is 17.1. The molecule has 4 rings (SSSR count). The standard InChI is InChI=1S/C21H16N2O2/c24-20(23-19-12-6-10-15-7-4-5-11-18(15)19)13-17-14-25-21(22-17)16-8-2-1-3-9-16/h1-12,14H,13H2,(H,23,24). The molecule has 25 heavy (non-hydrogen) atoms. The van der Waals surface area contributed by atoms with Gasteiger partial charge in [0, 0.05) is 16.6 Å². The Balaban J connectivity index is 1.50. The summed E-state index contributed by atoms with van der Waals surface area (Å²) < 4.78 is 5.48. The van der Waals surface area contributed by atoms with Crippen LogP contribution in [0.25, 0.3) is 22.2 Å². The van der Waals surface area contributed by atoms with Crippen LogP contribution in [0.1, 0.15) is 5.69 Å². The van der Waals surface area contributed by atoms with Crippen LogP contribution in [0.15, 0.2) is 83.5 Å². The minimum Gasteiger partial charge on any atom is -0.444 e. The third kappa shape index (κ3) is 3.28. The molecule has 122 valence electrons. The number of amides is 1. The van der Waals surface area contributed by atoms with Crippen molar-refractivity contribution in [3.8, 4) is 11.5 Å². The average molecular weight is 328 g/mol. The van der Waals surface area contributed by atoms with Crippen LogP contribution in [0, 0.1) is 0 Å². The molecule has 1 N–H and O–H groups in total. The van der Waals surface area contributed by atoms with Crippen molar-refractivity contribution < 1.29 is 9.21 Å². The summed E-state index contributed by atoms with van der Waals surface area (Å²) in [5, 5.41) is 5.07. The molecule has 0 atom stereocenters. The number of hydrogen-bond donors (Lipinski definition) is 1. The maximum atomic E-state index is 12.4. The molecule has 4 heteroatoms. The summed E-state index contributed by atoms with van der Waals surface area (Å²) in [5.74, 6) is 0.401. The summed E-state index contributed by atoms with van der Waals surface area (Å²) >= 11 is 0. The van der Waals surface area contributed by atoms with Gasteiger partial charge in [0.15, 0.2) is 0 Å². The monoisotopic (exact) mass is 328 g/mol. The van der Waals surface area contributed by atoms with Crippen molar-refractivity contribution in [2.24, 2.45) is 0 Å². The van der Waals surface area contributed by atoms with Crippen molar-refractivity contribution in [2.75, 3.05) is 5.32 Å². The molecule has 0 bridgehead atoms. The lowest BCUT2D eigenvalue weighted by atomic mass is 10.1. The fourth-order valence-electron chi connectivity index (χ4n) is 2.79. The molecule has 0 saturated heterocycles. The van der Waals surface area contributed by atoms with Gasteiger partial charge < -0.3 is 9.73 Å². The van der Waals surface area contributed by atoms with Crippen LogP contribution in [-0.2, 0) is 11.2 Å². The normalized spacial score (nSPS) is 10.7. The Morgan fingerprint density at radius 1 is 0.920 bits per heavy atom. The predicted octanol–water partition coefficient (Wildman–Crippen LogP) is 4.68. The van der Waals surface area contributed by atoms with Gasteiger partial charge in [-0.2, -0.15) is 0 Å². The number of rotatable bonds is 4. The summed E-state index contributed by atoms with van der Waals surface area (Å²) in [6.07, 6.45) is 1.70. The molecule has 0 fully saturated rings. The van der Waals surface area contributed by atoms with Crippen LogP contribution in [0.4, 0.5) is 5.69 Å². The molecular formula is C21H16N2O2. The first-order valence-corrected chi connectivity index (χ1v) is 8.07. The highest BCUT2D eigenvalue weighted by Gasteiger charge is 2.11. The van der Waals surface area contributed by atoms with E-state index < -0.39 is 0 Å². The molecule has 1 heterocycles.